The summed E-state index contributed by atoms with van der Waals surface area (Å²) in [6.07, 6.45) is 0. The normalized spacial score (nSPS) is 11.6. The second-order valence-electron chi connectivity index (χ2n) is 4.58. The summed E-state index contributed by atoms with van der Waals surface area (Å²) in [5.74, 6) is -0.413. The van der Waals surface area contributed by atoms with E-state index in [2.05, 4.69) is 25.1 Å². The van der Waals surface area contributed by atoms with Crippen molar-refractivity contribution >= 4 is 5.97 Å². The van der Waals surface area contributed by atoms with Crippen LogP contribution in [0.25, 0.3) is 11.8 Å². The first-order valence-electron chi connectivity index (χ1n) is 5.18. The van der Waals surface area contributed by atoms with Gasteiger partial charge in [-0.05, 0) is 0 Å². The number of aromatic nitrogens is 4. The lowest BCUT2D eigenvalue weighted by molar-refractivity contribution is 0.0556. The molecule has 0 fully saturated rings. The van der Waals surface area contributed by atoms with Gasteiger partial charge in [0.15, 0.2) is 5.82 Å². The summed E-state index contributed by atoms with van der Waals surface area (Å²) in [7, 11) is 1.22. The van der Waals surface area contributed by atoms with Crippen LogP contribution in [0, 0.1) is 0 Å². The van der Waals surface area contributed by atoms with E-state index < -0.39 is 5.97 Å². The number of esters is 1. The van der Waals surface area contributed by atoms with Crippen LogP contribution < -0.4 is 0 Å². The van der Waals surface area contributed by atoms with E-state index in [-0.39, 0.29) is 23.1 Å². The molecule has 0 atom stereocenters. The van der Waals surface area contributed by atoms with Crippen LogP contribution in [-0.2, 0) is 10.2 Å². The zero-order valence-electron chi connectivity index (χ0n) is 10.4. The van der Waals surface area contributed by atoms with Crippen LogP contribution in [0.4, 0.5) is 0 Å². The van der Waals surface area contributed by atoms with Crippen molar-refractivity contribution in [3.8, 4) is 11.8 Å². The van der Waals surface area contributed by atoms with Crippen LogP contribution in [0.1, 0.15) is 37.3 Å². The third kappa shape index (κ3) is 2.22. The van der Waals surface area contributed by atoms with Crippen molar-refractivity contribution in [3.63, 3.8) is 0 Å². The van der Waals surface area contributed by atoms with E-state index in [0.29, 0.717) is 5.82 Å². The monoisotopic (exact) mass is 252 g/mol. The Morgan fingerprint density at radius 3 is 2.50 bits per heavy atom. The van der Waals surface area contributed by atoms with Crippen LogP contribution in [-0.4, -0.2) is 33.4 Å². The molecule has 0 saturated heterocycles. The summed E-state index contributed by atoms with van der Waals surface area (Å²) < 4.78 is 14.5. The molecule has 0 spiro atoms. The predicted octanol–water partition coefficient (Wildman–Crippen LogP) is 1.20. The van der Waals surface area contributed by atoms with E-state index in [1.54, 1.807) is 0 Å². The molecule has 8 heteroatoms. The quantitative estimate of drug-likeness (QED) is 0.734. The summed E-state index contributed by atoms with van der Waals surface area (Å²) >= 11 is 0. The third-order valence-electron chi connectivity index (χ3n) is 2.06. The first kappa shape index (κ1) is 12.2. The maximum absolute atomic E-state index is 11.1. The van der Waals surface area contributed by atoms with Crippen molar-refractivity contribution in [2.75, 3.05) is 7.11 Å². The van der Waals surface area contributed by atoms with E-state index in [1.165, 1.54) is 7.11 Å². The van der Waals surface area contributed by atoms with E-state index >= 15 is 0 Å². The average molecular weight is 252 g/mol. The largest absolute Gasteiger partial charge is 0.462 e. The molecular weight excluding hydrogens is 240 g/mol. The van der Waals surface area contributed by atoms with Crippen LogP contribution in [0.2, 0.25) is 0 Å². The minimum absolute atomic E-state index is 0.0154. The van der Waals surface area contributed by atoms with Gasteiger partial charge in [-0.3, -0.25) is 0 Å². The van der Waals surface area contributed by atoms with Gasteiger partial charge in [0.2, 0.25) is 0 Å². The Kier molecular flexibility index (Phi) is 2.85. The van der Waals surface area contributed by atoms with Crippen LogP contribution in [0.3, 0.4) is 0 Å². The number of hydrogen-bond donors (Lipinski definition) is 0. The van der Waals surface area contributed by atoms with E-state index in [4.69, 9.17) is 8.94 Å². The highest BCUT2D eigenvalue weighted by Crippen LogP contribution is 2.22. The van der Waals surface area contributed by atoms with E-state index in [9.17, 15) is 4.79 Å². The van der Waals surface area contributed by atoms with Crippen molar-refractivity contribution in [1.29, 1.82) is 0 Å². The van der Waals surface area contributed by atoms with Gasteiger partial charge < -0.3 is 13.7 Å². The second kappa shape index (κ2) is 4.21. The van der Waals surface area contributed by atoms with Gasteiger partial charge in [-0.15, -0.1) is 10.2 Å². The van der Waals surface area contributed by atoms with Gasteiger partial charge in [0, 0.05) is 5.41 Å². The Morgan fingerprint density at radius 2 is 1.94 bits per heavy atom. The van der Waals surface area contributed by atoms with Gasteiger partial charge in [-0.1, -0.05) is 25.9 Å². The molecule has 0 amide bonds. The van der Waals surface area contributed by atoms with E-state index in [1.807, 2.05) is 20.8 Å². The van der Waals surface area contributed by atoms with Crippen LogP contribution in [0.15, 0.2) is 8.94 Å². The van der Waals surface area contributed by atoms with Crippen molar-refractivity contribution in [2.24, 2.45) is 0 Å². The highest BCUT2D eigenvalue weighted by Gasteiger charge is 2.25. The maximum atomic E-state index is 11.1. The van der Waals surface area contributed by atoms with Gasteiger partial charge >= 0.3 is 23.6 Å². The zero-order chi connectivity index (χ0) is 13.3. The molecule has 96 valence electrons. The first-order valence-corrected chi connectivity index (χ1v) is 5.18. The number of methoxy groups -OCH3 is 1. The van der Waals surface area contributed by atoms with Crippen molar-refractivity contribution < 1.29 is 18.5 Å². The highest BCUT2D eigenvalue weighted by atomic mass is 16.5. The molecule has 0 saturated carbocycles. The molecule has 2 rings (SSSR count). The Bertz CT molecular complexity index is 566. The number of ether oxygens (including phenoxy) is 1. The molecule has 2 aromatic heterocycles. The first-order chi connectivity index (χ1) is 8.41. The number of hydrogen-bond acceptors (Lipinski definition) is 8. The minimum Gasteiger partial charge on any atom is -0.462 e. The third-order valence-corrected chi connectivity index (χ3v) is 2.06. The average Bonchev–Trinajstić information content (AvgIpc) is 2.94. The van der Waals surface area contributed by atoms with Gasteiger partial charge in [-0.25, -0.2) is 4.79 Å². The summed E-state index contributed by atoms with van der Waals surface area (Å²) in [5, 5.41) is 11.0. The van der Waals surface area contributed by atoms with E-state index in [0.717, 1.165) is 0 Å². The fraction of sp³-hybridized carbons (Fsp3) is 0.500. The number of carbonyl (C=O) groups excluding carboxylic acids is 1. The molecule has 2 heterocycles. The predicted molar refractivity (Wildman–Crippen MR) is 57.6 cm³/mol. The Balaban J connectivity index is 2.30. The molecule has 0 unspecified atom stereocenters. The molecule has 0 bridgehead atoms. The van der Waals surface area contributed by atoms with Gasteiger partial charge in [0.1, 0.15) is 0 Å². The smallest absolute Gasteiger partial charge is 0.396 e. The molecule has 2 aromatic rings. The minimum atomic E-state index is -0.718. The molecule has 18 heavy (non-hydrogen) atoms. The van der Waals surface area contributed by atoms with Crippen molar-refractivity contribution in [1.82, 2.24) is 20.3 Å². The van der Waals surface area contributed by atoms with Crippen LogP contribution in [0.5, 0.6) is 0 Å². The zero-order valence-corrected chi connectivity index (χ0v) is 10.4. The molecule has 0 aliphatic heterocycles. The number of rotatable bonds is 2. The summed E-state index contributed by atoms with van der Waals surface area (Å²) in [4.78, 5) is 15.3. The molecule has 0 aliphatic rings. The number of carbonyl (C=O) groups is 1. The lowest BCUT2D eigenvalue weighted by atomic mass is 9.96. The van der Waals surface area contributed by atoms with Gasteiger partial charge in [0.05, 0.1) is 7.11 Å². The maximum Gasteiger partial charge on any atom is 0.396 e. The summed E-state index contributed by atoms with van der Waals surface area (Å²) in [5.41, 5.74) is -0.257. The molecule has 0 radical (unpaired) electrons. The van der Waals surface area contributed by atoms with Crippen molar-refractivity contribution in [2.45, 2.75) is 26.2 Å². The van der Waals surface area contributed by atoms with Gasteiger partial charge in [0.25, 0.3) is 0 Å². The lowest BCUT2D eigenvalue weighted by Gasteiger charge is -2.10. The summed E-state index contributed by atoms with van der Waals surface area (Å²) in [6.45, 7) is 5.82. The Labute approximate surface area is 102 Å². The molecular formula is C10H12N4O4. The fourth-order valence-corrected chi connectivity index (χ4v) is 1.09. The fourth-order valence-electron chi connectivity index (χ4n) is 1.09. The van der Waals surface area contributed by atoms with Crippen LogP contribution >= 0.6 is 0 Å². The molecule has 0 aromatic carbocycles. The lowest BCUT2D eigenvalue weighted by Crippen LogP contribution is -2.13. The standard InChI is InChI=1S/C10H12N4O4/c1-10(2,3)9-11-5(18-14-9)6-12-13-7(17-6)8(15)16-4/h1-4H3. The Morgan fingerprint density at radius 1 is 1.22 bits per heavy atom. The van der Waals surface area contributed by atoms with Crippen molar-refractivity contribution in [3.05, 3.63) is 11.7 Å². The summed E-state index contributed by atoms with van der Waals surface area (Å²) in [6, 6.07) is 0. The van der Waals surface area contributed by atoms with Gasteiger partial charge in [-0.2, -0.15) is 4.98 Å². The second-order valence-corrected chi connectivity index (χ2v) is 4.58. The highest BCUT2D eigenvalue weighted by molar-refractivity contribution is 5.84. The molecule has 8 nitrogen and oxygen atoms in total. The SMILES string of the molecule is COC(=O)c1nnc(-c2nc(C(C)(C)C)no2)o1. The molecule has 0 aliphatic carbocycles. The Hall–Kier alpha value is -2.25. The molecule has 0 N–H and O–H groups in total. The topological polar surface area (TPSA) is 104 Å². The number of nitrogens with zero attached hydrogens (tertiary/aromatic N) is 4.